The van der Waals surface area contributed by atoms with Crippen LogP contribution in [0.4, 0.5) is 14.6 Å². The van der Waals surface area contributed by atoms with Gasteiger partial charge in [-0.2, -0.15) is 8.78 Å². The van der Waals surface area contributed by atoms with E-state index in [0.29, 0.717) is 33.6 Å². The van der Waals surface area contributed by atoms with Crippen LogP contribution < -0.4 is 4.90 Å². The number of thioether (sulfide) groups is 1. The van der Waals surface area contributed by atoms with Crippen LogP contribution in [-0.2, 0) is 6.42 Å². The summed E-state index contributed by atoms with van der Waals surface area (Å²) in [5.41, 5.74) is 1.94. The molecule has 0 amide bonds. The highest BCUT2D eigenvalue weighted by Crippen LogP contribution is 2.64. The van der Waals surface area contributed by atoms with E-state index in [1.54, 1.807) is 24.3 Å². The fraction of sp³-hybridized carbons (Fsp3) is 0.545. The Morgan fingerprint density at radius 3 is 2.48 bits per heavy atom. The highest BCUT2D eigenvalue weighted by Gasteiger charge is 2.54. The van der Waals surface area contributed by atoms with Crippen LogP contribution in [0.25, 0.3) is 10.9 Å². The van der Waals surface area contributed by atoms with E-state index in [4.69, 9.17) is 9.97 Å². The Hall–Kier alpha value is -2.54. The van der Waals surface area contributed by atoms with Crippen molar-refractivity contribution in [2.75, 3.05) is 19.0 Å². The van der Waals surface area contributed by atoms with E-state index in [2.05, 4.69) is 24.0 Å². The van der Waals surface area contributed by atoms with Crippen molar-refractivity contribution >= 4 is 34.3 Å². The number of carbonyl (C=O) groups excluding carboxylic acids is 1. The van der Waals surface area contributed by atoms with E-state index in [9.17, 15) is 13.6 Å². The normalized spacial score (nSPS) is 23.9. The highest BCUT2D eigenvalue weighted by atomic mass is 32.2. The largest absolute Gasteiger partial charge is 0.362 e. The van der Waals surface area contributed by atoms with Gasteiger partial charge in [-0.15, -0.1) is 0 Å². The maximum absolute atomic E-state index is 13.2. The molecule has 0 saturated heterocycles. The molecule has 0 aliphatic heterocycles. The summed E-state index contributed by atoms with van der Waals surface area (Å²) >= 11 is 0.466. The van der Waals surface area contributed by atoms with Gasteiger partial charge in [0.2, 0.25) is 0 Å². The predicted octanol–water partition coefficient (Wildman–Crippen LogP) is 8.68. The van der Waals surface area contributed by atoms with Gasteiger partial charge in [0.05, 0.1) is 5.52 Å². The minimum atomic E-state index is -2.53. The van der Waals surface area contributed by atoms with Gasteiger partial charge in [-0.05, 0) is 86.3 Å². The lowest BCUT2D eigenvalue weighted by Crippen LogP contribution is -2.24. The Labute approximate surface area is 241 Å². The van der Waals surface area contributed by atoms with Gasteiger partial charge in [-0.3, -0.25) is 4.79 Å². The van der Waals surface area contributed by atoms with E-state index in [1.807, 2.05) is 33.2 Å². The van der Waals surface area contributed by atoms with Crippen molar-refractivity contribution in [3.8, 4) is 0 Å². The fourth-order valence-electron chi connectivity index (χ4n) is 6.91. The third-order valence-corrected chi connectivity index (χ3v) is 10.4. The zero-order chi connectivity index (χ0) is 28.4. The Morgan fingerprint density at radius 2 is 1.75 bits per heavy atom. The first-order valence-electron chi connectivity index (χ1n) is 14.7. The number of benzene rings is 2. The topological polar surface area (TPSA) is 46.1 Å². The van der Waals surface area contributed by atoms with Gasteiger partial charge in [-0.25, -0.2) is 9.97 Å². The van der Waals surface area contributed by atoms with Crippen LogP contribution in [-0.4, -0.2) is 35.6 Å². The number of anilines is 1. The summed E-state index contributed by atoms with van der Waals surface area (Å²) in [6.45, 7) is 4.12. The van der Waals surface area contributed by atoms with E-state index in [0.717, 1.165) is 47.7 Å². The van der Waals surface area contributed by atoms with Crippen molar-refractivity contribution < 1.29 is 13.6 Å². The van der Waals surface area contributed by atoms with Gasteiger partial charge in [0.25, 0.3) is 5.76 Å². The molecule has 214 valence electrons. The summed E-state index contributed by atoms with van der Waals surface area (Å²) in [6.07, 6.45) is 9.39. The molecule has 3 atom stereocenters. The number of nitrogens with zero attached hydrogens (tertiary/aromatic N) is 3. The minimum Gasteiger partial charge on any atom is -0.362 e. The molecule has 4 nitrogen and oxygen atoms in total. The molecule has 5 rings (SSSR count). The quantitative estimate of drug-likeness (QED) is 0.172. The molecule has 3 aromatic rings. The number of carbonyl (C=O) groups is 1. The minimum absolute atomic E-state index is 0.0147. The average Bonchev–Trinajstić information content (AvgIpc) is 3.63. The van der Waals surface area contributed by atoms with E-state index >= 15 is 0 Å². The Morgan fingerprint density at radius 1 is 1.05 bits per heavy atom. The lowest BCUT2D eigenvalue weighted by molar-refractivity contribution is 0.0868. The van der Waals surface area contributed by atoms with Gasteiger partial charge >= 0.3 is 0 Å². The molecule has 2 aromatic carbocycles. The number of alkyl halides is 2. The third kappa shape index (κ3) is 6.35. The molecule has 1 heterocycles. The lowest BCUT2D eigenvalue weighted by atomic mass is 9.73. The van der Waals surface area contributed by atoms with Crippen LogP contribution in [0.1, 0.15) is 75.0 Å². The number of ketones is 1. The van der Waals surface area contributed by atoms with Gasteiger partial charge < -0.3 is 4.90 Å². The van der Waals surface area contributed by atoms with Gasteiger partial charge in [0.15, 0.2) is 5.78 Å². The van der Waals surface area contributed by atoms with E-state index < -0.39 is 5.76 Å². The zero-order valence-corrected chi connectivity index (χ0v) is 24.9. The number of Topliss-reactive ketones (excluding diaryl/α,β-unsaturated/α-hetero) is 1. The van der Waals surface area contributed by atoms with Crippen molar-refractivity contribution in [3.05, 3.63) is 59.9 Å². The molecule has 3 unspecified atom stereocenters. The molecule has 1 aromatic heterocycles. The molecule has 7 heteroatoms. The standard InChI is InChI=1S/C33H41F2N3OS/c1-21(22(2)30(39)26-10-6-8-12-28(26)40-32(34)35)19-23-15-17-33(18-16-23)20-24(33)13-14-29-36-27-11-7-5-9-25(27)31(37-29)38(3)4/h5-12,21-24,32H,13-20H2,1-4H3. The molecule has 2 saturated carbocycles. The number of hydrogen-bond donors (Lipinski definition) is 0. The molecule has 0 bridgehead atoms. The summed E-state index contributed by atoms with van der Waals surface area (Å²) in [5, 5.41) is 1.10. The second-order valence-corrected chi connectivity index (χ2v) is 13.4. The number of fused-ring (bicyclic) bond motifs is 1. The van der Waals surface area contributed by atoms with Crippen LogP contribution in [0.2, 0.25) is 0 Å². The first kappa shape index (κ1) is 29.0. The van der Waals surface area contributed by atoms with Gasteiger partial charge in [0.1, 0.15) is 11.6 Å². The number of aryl methyl sites for hydroxylation is 1. The molecule has 2 fully saturated rings. The van der Waals surface area contributed by atoms with Crippen molar-refractivity contribution in [2.24, 2.45) is 29.1 Å². The molecule has 2 aliphatic carbocycles. The van der Waals surface area contributed by atoms with Crippen molar-refractivity contribution in [3.63, 3.8) is 0 Å². The van der Waals surface area contributed by atoms with Gasteiger partial charge in [-0.1, -0.05) is 55.9 Å². The monoisotopic (exact) mass is 565 g/mol. The van der Waals surface area contributed by atoms with Crippen LogP contribution in [0.5, 0.6) is 0 Å². The van der Waals surface area contributed by atoms with Crippen LogP contribution in [0.15, 0.2) is 53.4 Å². The number of halogens is 2. The maximum Gasteiger partial charge on any atom is 0.288 e. The van der Waals surface area contributed by atoms with Crippen LogP contribution >= 0.6 is 11.8 Å². The summed E-state index contributed by atoms with van der Waals surface area (Å²) in [5.74, 6) is 0.823. The summed E-state index contributed by atoms with van der Waals surface area (Å²) in [6, 6.07) is 15.0. The third-order valence-electron chi connectivity index (χ3n) is 9.57. The SMILES string of the molecule is CC(CC1CCC2(CC1)CC2CCc1nc(N(C)C)c2ccccc2n1)C(C)C(=O)c1ccccc1SC(F)F. The fourth-order valence-corrected chi connectivity index (χ4v) is 7.55. The first-order chi connectivity index (χ1) is 19.2. The van der Waals surface area contributed by atoms with Crippen molar-refractivity contribution in [1.82, 2.24) is 9.97 Å². The molecular weight excluding hydrogens is 524 g/mol. The summed E-state index contributed by atoms with van der Waals surface area (Å²) in [7, 11) is 4.08. The zero-order valence-electron chi connectivity index (χ0n) is 24.1. The number of rotatable bonds is 11. The Balaban J connectivity index is 1.12. The summed E-state index contributed by atoms with van der Waals surface area (Å²) < 4.78 is 26.0. The van der Waals surface area contributed by atoms with E-state index in [-0.39, 0.29) is 17.6 Å². The van der Waals surface area contributed by atoms with E-state index in [1.165, 1.54) is 32.1 Å². The Kier molecular flexibility index (Phi) is 8.79. The molecule has 0 radical (unpaired) electrons. The Bertz CT molecular complexity index is 1340. The number of hydrogen-bond acceptors (Lipinski definition) is 5. The van der Waals surface area contributed by atoms with Crippen molar-refractivity contribution in [1.29, 1.82) is 0 Å². The molecule has 0 N–H and O–H groups in total. The second kappa shape index (κ2) is 12.1. The second-order valence-electron chi connectivity index (χ2n) is 12.4. The summed E-state index contributed by atoms with van der Waals surface area (Å²) in [4.78, 5) is 25.5. The molecule has 2 aliphatic rings. The van der Waals surface area contributed by atoms with Crippen LogP contribution in [0.3, 0.4) is 0 Å². The number of aromatic nitrogens is 2. The first-order valence-corrected chi connectivity index (χ1v) is 15.6. The smallest absolute Gasteiger partial charge is 0.288 e. The lowest BCUT2D eigenvalue weighted by Gasteiger charge is -2.32. The van der Waals surface area contributed by atoms with Crippen molar-refractivity contribution in [2.45, 2.75) is 75.9 Å². The predicted molar refractivity (Wildman–Crippen MR) is 160 cm³/mol. The molecule has 1 spiro atoms. The molecular formula is C33H41F2N3OS. The molecule has 40 heavy (non-hydrogen) atoms. The van der Waals surface area contributed by atoms with Crippen LogP contribution in [0, 0.1) is 29.1 Å². The number of para-hydroxylation sites is 1. The highest BCUT2D eigenvalue weighted by molar-refractivity contribution is 7.99. The average molecular weight is 566 g/mol. The van der Waals surface area contributed by atoms with Gasteiger partial charge in [0, 0.05) is 42.3 Å². The maximum atomic E-state index is 13.2.